The molecule has 0 unspecified atom stereocenters. The lowest BCUT2D eigenvalue weighted by atomic mass is 10.1. The number of amides is 1. The van der Waals surface area contributed by atoms with Gasteiger partial charge in [-0.15, -0.1) is 0 Å². The number of nitrogens with two attached hydrogens (primary N) is 1. The number of phenolic OH excluding ortho intramolecular Hbond substituents is 1. The highest BCUT2D eigenvalue weighted by Gasteiger charge is 2.10. The summed E-state index contributed by atoms with van der Waals surface area (Å²) in [5.74, 6) is -0.435. The third-order valence-corrected chi connectivity index (χ3v) is 1.84. The van der Waals surface area contributed by atoms with Crippen LogP contribution in [0.25, 0.3) is 0 Å². The van der Waals surface area contributed by atoms with Crippen LogP contribution in [-0.2, 0) is 0 Å². The number of aromatic hydroxyl groups is 1. The van der Waals surface area contributed by atoms with Crippen LogP contribution < -0.4 is 11.1 Å². The Morgan fingerprint density at radius 2 is 2.27 bits per heavy atom. The zero-order chi connectivity index (χ0) is 11.4. The van der Waals surface area contributed by atoms with E-state index in [2.05, 4.69) is 5.32 Å². The first-order chi connectivity index (χ1) is 7.00. The van der Waals surface area contributed by atoms with Gasteiger partial charge in [0.25, 0.3) is 5.91 Å². The summed E-state index contributed by atoms with van der Waals surface area (Å²) in [7, 11) is 0. The summed E-state index contributed by atoms with van der Waals surface area (Å²) in [5.41, 5.74) is 6.05. The number of nitrogens with one attached hydrogen (secondary N) is 1. The van der Waals surface area contributed by atoms with E-state index in [0.29, 0.717) is 0 Å². The molecule has 0 aromatic heterocycles. The average molecular weight is 210 g/mol. The fourth-order valence-corrected chi connectivity index (χ4v) is 1.08. The fraction of sp³-hybridized carbons (Fsp3) is 0.300. The summed E-state index contributed by atoms with van der Waals surface area (Å²) in [6, 6.07) is 4.14. The third kappa shape index (κ3) is 3.14. The lowest BCUT2D eigenvalue weighted by molar-refractivity contribution is 0.0924. The molecule has 0 fully saturated rings. The maximum Gasteiger partial charge on any atom is 0.253 e. The van der Waals surface area contributed by atoms with E-state index in [1.165, 1.54) is 18.2 Å². The molecule has 1 rings (SSSR count). The maximum atomic E-state index is 11.5. The largest absolute Gasteiger partial charge is 0.508 e. The third-order valence-electron chi connectivity index (χ3n) is 1.84. The van der Waals surface area contributed by atoms with Gasteiger partial charge >= 0.3 is 0 Å². The van der Waals surface area contributed by atoms with Gasteiger partial charge < -0.3 is 21.3 Å². The Balaban J connectivity index is 2.77. The molecule has 0 saturated heterocycles. The van der Waals surface area contributed by atoms with Crippen molar-refractivity contribution >= 4 is 11.6 Å². The second-order valence-corrected chi connectivity index (χ2v) is 3.33. The quantitative estimate of drug-likeness (QED) is 0.420. The van der Waals surface area contributed by atoms with Gasteiger partial charge in [-0.3, -0.25) is 4.79 Å². The van der Waals surface area contributed by atoms with Crippen LogP contribution in [0.15, 0.2) is 18.2 Å². The van der Waals surface area contributed by atoms with Crippen molar-refractivity contribution < 1.29 is 15.0 Å². The zero-order valence-electron chi connectivity index (χ0n) is 8.40. The molecule has 0 aliphatic rings. The van der Waals surface area contributed by atoms with Gasteiger partial charge in [0.1, 0.15) is 5.75 Å². The number of aliphatic hydroxyl groups excluding tert-OH is 1. The minimum Gasteiger partial charge on any atom is -0.508 e. The molecule has 15 heavy (non-hydrogen) atoms. The van der Waals surface area contributed by atoms with Crippen LogP contribution >= 0.6 is 0 Å². The van der Waals surface area contributed by atoms with Crippen molar-refractivity contribution in [2.24, 2.45) is 0 Å². The Labute approximate surface area is 87.5 Å². The average Bonchev–Trinajstić information content (AvgIpc) is 2.18. The number of carbonyl (C=O) groups excluding carboxylic acids is 1. The zero-order valence-corrected chi connectivity index (χ0v) is 8.40. The number of benzene rings is 1. The van der Waals surface area contributed by atoms with Crippen molar-refractivity contribution in [2.45, 2.75) is 13.0 Å². The molecular weight excluding hydrogens is 196 g/mol. The second-order valence-electron chi connectivity index (χ2n) is 3.33. The number of anilines is 1. The first-order valence-corrected chi connectivity index (χ1v) is 4.55. The van der Waals surface area contributed by atoms with E-state index in [4.69, 9.17) is 10.8 Å². The molecule has 1 aromatic carbocycles. The Morgan fingerprint density at radius 1 is 1.60 bits per heavy atom. The first-order valence-electron chi connectivity index (χ1n) is 4.55. The van der Waals surface area contributed by atoms with Crippen molar-refractivity contribution in [3.8, 4) is 5.75 Å². The summed E-state index contributed by atoms with van der Waals surface area (Å²) in [4.78, 5) is 11.5. The van der Waals surface area contributed by atoms with Crippen LogP contribution in [0.5, 0.6) is 5.75 Å². The highest BCUT2D eigenvalue weighted by Crippen LogP contribution is 2.17. The first kappa shape index (κ1) is 11.3. The van der Waals surface area contributed by atoms with Gasteiger partial charge in [-0.05, 0) is 25.1 Å². The SMILES string of the molecule is C[C@H](O)CNC(=O)c1cc(O)ccc1N. The highest BCUT2D eigenvalue weighted by molar-refractivity contribution is 5.99. The van der Waals surface area contributed by atoms with Crippen molar-refractivity contribution in [1.82, 2.24) is 5.32 Å². The van der Waals surface area contributed by atoms with Gasteiger partial charge in [0.05, 0.1) is 11.7 Å². The lowest BCUT2D eigenvalue weighted by Gasteiger charge is -2.09. The predicted octanol–water partition coefficient (Wildman–Crippen LogP) is 0.0850. The van der Waals surface area contributed by atoms with Crippen LogP contribution in [-0.4, -0.2) is 28.8 Å². The minimum absolute atomic E-state index is 0.0219. The molecule has 0 heterocycles. The van der Waals surface area contributed by atoms with Crippen molar-refractivity contribution in [3.05, 3.63) is 23.8 Å². The summed E-state index contributed by atoms with van der Waals surface area (Å²) in [5, 5.41) is 20.6. The molecule has 0 saturated carbocycles. The van der Waals surface area contributed by atoms with Gasteiger partial charge in [0.2, 0.25) is 0 Å². The topological polar surface area (TPSA) is 95.6 Å². The predicted molar refractivity (Wildman–Crippen MR) is 56.5 cm³/mol. The highest BCUT2D eigenvalue weighted by atomic mass is 16.3. The Bertz CT molecular complexity index is 364. The summed E-state index contributed by atoms with van der Waals surface area (Å²) in [6.45, 7) is 1.71. The van der Waals surface area contributed by atoms with Crippen molar-refractivity contribution in [1.29, 1.82) is 0 Å². The van der Waals surface area contributed by atoms with Gasteiger partial charge in [-0.25, -0.2) is 0 Å². The van der Waals surface area contributed by atoms with Gasteiger partial charge in [-0.1, -0.05) is 0 Å². The Hall–Kier alpha value is -1.75. The summed E-state index contributed by atoms with van der Waals surface area (Å²) < 4.78 is 0. The molecule has 82 valence electrons. The van der Waals surface area contributed by atoms with Crippen LogP contribution in [0.4, 0.5) is 5.69 Å². The molecule has 5 heteroatoms. The number of carbonyl (C=O) groups is 1. The Morgan fingerprint density at radius 3 is 2.87 bits per heavy atom. The summed E-state index contributed by atoms with van der Waals surface area (Å²) in [6.07, 6.45) is -0.618. The van der Waals surface area contributed by atoms with Crippen molar-refractivity contribution in [2.75, 3.05) is 12.3 Å². The molecule has 1 atom stereocenters. The van der Waals surface area contributed by atoms with E-state index in [0.717, 1.165) is 0 Å². The van der Waals surface area contributed by atoms with Crippen LogP contribution in [0.3, 0.4) is 0 Å². The number of nitrogen functional groups attached to an aromatic ring is 1. The van der Waals surface area contributed by atoms with E-state index in [1.807, 2.05) is 0 Å². The number of rotatable bonds is 3. The number of phenols is 1. The van der Waals surface area contributed by atoms with Gasteiger partial charge in [0, 0.05) is 12.2 Å². The van der Waals surface area contributed by atoms with E-state index >= 15 is 0 Å². The standard InChI is InChI=1S/C10H14N2O3/c1-6(13)5-12-10(15)8-4-7(14)2-3-9(8)11/h2-4,6,13-14H,5,11H2,1H3,(H,12,15)/t6-/m0/s1. The molecule has 0 bridgehead atoms. The molecule has 0 spiro atoms. The normalized spacial score (nSPS) is 12.1. The van der Waals surface area contributed by atoms with Crippen LogP contribution in [0.1, 0.15) is 17.3 Å². The van der Waals surface area contributed by atoms with Gasteiger partial charge in [0.15, 0.2) is 0 Å². The van der Waals surface area contributed by atoms with E-state index in [9.17, 15) is 9.90 Å². The van der Waals surface area contributed by atoms with Gasteiger partial charge in [-0.2, -0.15) is 0 Å². The number of hydrogen-bond acceptors (Lipinski definition) is 4. The molecule has 5 N–H and O–H groups in total. The van der Waals surface area contributed by atoms with Crippen LogP contribution in [0, 0.1) is 0 Å². The van der Waals surface area contributed by atoms with Crippen molar-refractivity contribution in [3.63, 3.8) is 0 Å². The fourth-order valence-electron chi connectivity index (χ4n) is 1.08. The minimum atomic E-state index is -0.618. The smallest absolute Gasteiger partial charge is 0.253 e. The molecule has 1 aromatic rings. The molecular formula is C10H14N2O3. The summed E-state index contributed by atoms with van der Waals surface area (Å²) >= 11 is 0. The monoisotopic (exact) mass is 210 g/mol. The Kier molecular flexibility index (Phi) is 3.51. The molecule has 5 nitrogen and oxygen atoms in total. The van der Waals surface area contributed by atoms with E-state index in [1.54, 1.807) is 6.92 Å². The number of aliphatic hydroxyl groups is 1. The van der Waals surface area contributed by atoms with E-state index in [-0.39, 0.29) is 23.5 Å². The maximum absolute atomic E-state index is 11.5. The molecule has 0 radical (unpaired) electrons. The molecule has 0 aliphatic carbocycles. The molecule has 1 amide bonds. The van der Waals surface area contributed by atoms with E-state index < -0.39 is 12.0 Å². The number of hydrogen-bond donors (Lipinski definition) is 4. The second kappa shape index (κ2) is 4.65. The lowest BCUT2D eigenvalue weighted by Crippen LogP contribution is -2.30. The molecule has 0 aliphatic heterocycles. The van der Waals surface area contributed by atoms with Crippen LogP contribution in [0.2, 0.25) is 0 Å².